The number of rotatable bonds is 6. The molecule has 0 spiro atoms. The molecule has 1 aliphatic heterocycles. The van der Waals surface area contributed by atoms with Crippen molar-refractivity contribution in [3.8, 4) is 5.75 Å². The molecule has 28 heavy (non-hydrogen) atoms. The molecule has 0 aliphatic carbocycles. The van der Waals surface area contributed by atoms with Crippen LogP contribution in [0.3, 0.4) is 0 Å². The first-order chi connectivity index (χ1) is 13.4. The van der Waals surface area contributed by atoms with Gasteiger partial charge in [-0.1, -0.05) is 24.6 Å². The van der Waals surface area contributed by atoms with Gasteiger partial charge in [-0.3, -0.25) is 19.3 Å². The van der Waals surface area contributed by atoms with Gasteiger partial charge >= 0.3 is 0 Å². The van der Waals surface area contributed by atoms with E-state index in [1.807, 2.05) is 6.92 Å². The highest BCUT2D eigenvalue weighted by Crippen LogP contribution is 2.35. The number of ether oxygens (including phenoxy) is 1. The van der Waals surface area contributed by atoms with Gasteiger partial charge in [-0.05, 0) is 49.7 Å². The van der Waals surface area contributed by atoms with Crippen molar-refractivity contribution >= 4 is 40.6 Å². The first kappa shape index (κ1) is 19.9. The van der Waals surface area contributed by atoms with Crippen LogP contribution in [0.25, 0.3) is 0 Å². The summed E-state index contributed by atoms with van der Waals surface area (Å²) < 4.78 is 5.63. The zero-order chi connectivity index (χ0) is 20.3. The summed E-state index contributed by atoms with van der Waals surface area (Å²) in [7, 11) is 0. The molecule has 2 amide bonds. The Bertz CT molecular complexity index is 928. The lowest BCUT2D eigenvalue weighted by Gasteiger charge is -2.32. The summed E-state index contributed by atoms with van der Waals surface area (Å²) >= 11 is 5.94. The first-order valence-electron chi connectivity index (χ1n) is 9.09. The molecule has 0 bridgehead atoms. The fraction of sp³-hybridized carbons (Fsp3) is 0.286. The Hall–Kier alpha value is -2.86. The Labute approximate surface area is 168 Å². The van der Waals surface area contributed by atoms with E-state index >= 15 is 0 Å². The van der Waals surface area contributed by atoms with Crippen LogP contribution in [0.15, 0.2) is 42.5 Å². The van der Waals surface area contributed by atoms with Crippen LogP contribution in [0.4, 0.5) is 11.4 Å². The molecule has 1 atom stereocenters. The monoisotopic (exact) mass is 400 g/mol. The molecule has 1 N–H and O–H groups in total. The lowest BCUT2D eigenvalue weighted by Crippen LogP contribution is -2.47. The van der Waals surface area contributed by atoms with Gasteiger partial charge in [0.05, 0.1) is 5.69 Å². The third-order valence-electron chi connectivity index (χ3n) is 4.38. The third kappa shape index (κ3) is 4.34. The van der Waals surface area contributed by atoms with Gasteiger partial charge in [0.2, 0.25) is 5.91 Å². The number of fused-ring (bicyclic) bond motifs is 1. The highest BCUT2D eigenvalue weighted by Gasteiger charge is 2.33. The van der Waals surface area contributed by atoms with Crippen LogP contribution in [0.5, 0.6) is 5.75 Å². The molecule has 3 rings (SSSR count). The van der Waals surface area contributed by atoms with Crippen molar-refractivity contribution < 1.29 is 19.1 Å². The van der Waals surface area contributed by atoms with Crippen molar-refractivity contribution in [1.82, 2.24) is 0 Å². The van der Waals surface area contributed by atoms with Gasteiger partial charge in [-0.25, -0.2) is 0 Å². The van der Waals surface area contributed by atoms with E-state index in [9.17, 15) is 14.4 Å². The molecule has 0 radical (unpaired) electrons. The number of benzene rings is 2. The molecule has 6 nitrogen and oxygen atoms in total. The van der Waals surface area contributed by atoms with Crippen molar-refractivity contribution in [3.63, 3.8) is 0 Å². The summed E-state index contributed by atoms with van der Waals surface area (Å²) in [6.45, 7) is 3.36. The Balaban J connectivity index is 1.85. The zero-order valence-electron chi connectivity index (χ0n) is 15.7. The van der Waals surface area contributed by atoms with E-state index in [-0.39, 0.29) is 24.1 Å². The minimum absolute atomic E-state index is 0.0142. The number of amides is 2. The molecule has 2 aromatic rings. The Morgan fingerprint density at radius 2 is 2.00 bits per heavy atom. The molecule has 1 aliphatic rings. The van der Waals surface area contributed by atoms with Crippen molar-refractivity contribution in [3.05, 3.63) is 53.1 Å². The molecule has 2 aromatic carbocycles. The molecule has 0 fully saturated rings. The summed E-state index contributed by atoms with van der Waals surface area (Å²) in [4.78, 5) is 38.8. The van der Waals surface area contributed by atoms with E-state index < -0.39 is 6.10 Å². The van der Waals surface area contributed by atoms with Gasteiger partial charge in [-0.15, -0.1) is 0 Å². The maximum absolute atomic E-state index is 12.7. The first-order valence-corrected chi connectivity index (χ1v) is 9.47. The summed E-state index contributed by atoms with van der Waals surface area (Å²) in [6, 6.07) is 11.7. The molecule has 1 unspecified atom stereocenters. The van der Waals surface area contributed by atoms with Crippen molar-refractivity contribution in [2.75, 3.05) is 16.8 Å². The molecule has 1 heterocycles. The number of carbonyl (C=O) groups is 3. The number of nitrogens with one attached hydrogen (secondary N) is 1. The lowest BCUT2D eigenvalue weighted by atomic mass is 10.0. The SMILES string of the molecule is CCCC(=O)c1ccc2c(c1)N(CC(=O)Nc1cccc(Cl)c1)C(=O)C(C)O2. The average Bonchev–Trinajstić information content (AvgIpc) is 2.65. The number of halogens is 1. The quantitative estimate of drug-likeness (QED) is 0.741. The molecular formula is C21H21ClN2O4. The van der Waals surface area contributed by atoms with E-state index in [4.69, 9.17) is 16.3 Å². The minimum atomic E-state index is -0.719. The second-order valence-electron chi connectivity index (χ2n) is 6.60. The van der Waals surface area contributed by atoms with Gasteiger partial charge < -0.3 is 10.1 Å². The Kier molecular flexibility index (Phi) is 5.99. The molecular weight excluding hydrogens is 380 g/mol. The lowest BCUT2D eigenvalue weighted by molar-refractivity contribution is -0.127. The Morgan fingerprint density at radius 1 is 1.21 bits per heavy atom. The van der Waals surface area contributed by atoms with Gasteiger partial charge in [-0.2, -0.15) is 0 Å². The van der Waals surface area contributed by atoms with E-state index in [0.717, 1.165) is 6.42 Å². The second-order valence-corrected chi connectivity index (χ2v) is 7.04. The maximum atomic E-state index is 12.7. The number of hydrogen-bond donors (Lipinski definition) is 1. The van der Waals surface area contributed by atoms with Crippen molar-refractivity contribution in [2.24, 2.45) is 0 Å². The fourth-order valence-electron chi connectivity index (χ4n) is 3.03. The third-order valence-corrected chi connectivity index (χ3v) is 4.61. The number of anilines is 2. The number of hydrogen-bond acceptors (Lipinski definition) is 4. The van der Waals surface area contributed by atoms with E-state index in [1.165, 1.54) is 4.90 Å². The van der Waals surface area contributed by atoms with Crippen LogP contribution in [0.2, 0.25) is 5.02 Å². The van der Waals surface area contributed by atoms with Crippen molar-refractivity contribution in [1.29, 1.82) is 0 Å². The van der Waals surface area contributed by atoms with Gasteiger partial charge in [0, 0.05) is 22.7 Å². The predicted molar refractivity (Wildman–Crippen MR) is 108 cm³/mol. The highest BCUT2D eigenvalue weighted by molar-refractivity contribution is 6.30. The van der Waals surface area contributed by atoms with Gasteiger partial charge in [0.25, 0.3) is 5.91 Å². The summed E-state index contributed by atoms with van der Waals surface area (Å²) in [5.41, 5.74) is 1.46. The molecule has 0 saturated heterocycles. The molecule has 0 aromatic heterocycles. The van der Waals surface area contributed by atoms with Crippen molar-refractivity contribution in [2.45, 2.75) is 32.8 Å². The number of nitrogens with zero attached hydrogens (tertiary/aromatic N) is 1. The minimum Gasteiger partial charge on any atom is -0.479 e. The van der Waals surface area contributed by atoms with Gasteiger partial charge in [0.1, 0.15) is 12.3 Å². The largest absolute Gasteiger partial charge is 0.479 e. The second kappa shape index (κ2) is 8.44. The molecule has 7 heteroatoms. The highest BCUT2D eigenvalue weighted by atomic mass is 35.5. The summed E-state index contributed by atoms with van der Waals surface area (Å²) in [5, 5.41) is 3.23. The number of ketones is 1. The van der Waals surface area contributed by atoms with Crippen LogP contribution in [-0.4, -0.2) is 30.2 Å². The normalized spacial score (nSPS) is 15.6. The van der Waals surface area contributed by atoms with Crippen LogP contribution in [0, 0.1) is 0 Å². The average molecular weight is 401 g/mol. The number of Topliss-reactive ketones (excluding diaryl/α,β-unsaturated/α-hetero) is 1. The van der Waals surface area contributed by atoms with Crippen LogP contribution in [-0.2, 0) is 9.59 Å². The fourth-order valence-corrected chi connectivity index (χ4v) is 3.22. The molecule has 0 saturated carbocycles. The zero-order valence-corrected chi connectivity index (χ0v) is 16.5. The number of carbonyl (C=O) groups excluding carboxylic acids is 3. The van der Waals surface area contributed by atoms with Crippen LogP contribution >= 0.6 is 11.6 Å². The van der Waals surface area contributed by atoms with E-state index in [2.05, 4.69) is 5.32 Å². The predicted octanol–water partition coefficient (Wildman–Crippen LogP) is 4.08. The summed E-state index contributed by atoms with van der Waals surface area (Å²) in [5.74, 6) is -0.259. The smallest absolute Gasteiger partial charge is 0.268 e. The molecule has 146 valence electrons. The van der Waals surface area contributed by atoms with Crippen LogP contribution in [0.1, 0.15) is 37.0 Å². The van der Waals surface area contributed by atoms with E-state index in [0.29, 0.717) is 34.1 Å². The Morgan fingerprint density at radius 3 is 2.71 bits per heavy atom. The van der Waals surface area contributed by atoms with E-state index in [1.54, 1.807) is 49.4 Å². The van der Waals surface area contributed by atoms with Crippen LogP contribution < -0.4 is 15.0 Å². The summed E-state index contributed by atoms with van der Waals surface area (Å²) in [6.07, 6.45) is 0.427. The van der Waals surface area contributed by atoms with Gasteiger partial charge in [0.15, 0.2) is 11.9 Å². The standard InChI is InChI=1S/C21H21ClN2O4/c1-3-5-18(25)14-8-9-19-17(10-14)24(21(27)13(2)28-19)12-20(26)23-16-7-4-6-15(22)11-16/h4,6-11,13H,3,5,12H2,1-2H3,(H,23,26). The topological polar surface area (TPSA) is 75.7 Å². The maximum Gasteiger partial charge on any atom is 0.268 e.